The van der Waals surface area contributed by atoms with Gasteiger partial charge in [0.15, 0.2) is 0 Å². The molecule has 0 spiro atoms. The van der Waals surface area contributed by atoms with Crippen molar-refractivity contribution >= 4 is 11.8 Å². The van der Waals surface area contributed by atoms with E-state index in [0.29, 0.717) is 23.4 Å². The van der Waals surface area contributed by atoms with Gasteiger partial charge in [-0.15, -0.1) is 0 Å². The van der Waals surface area contributed by atoms with Gasteiger partial charge in [-0.05, 0) is 43.5 Å². The molecule has 2 saturated heterocycles. The van der Waals surface area contributed by atoms with Gasteiger partial charge in [0.2, 0.25) is 5.95 Å². The van der Waals surface area contributed by atoms with Crippen LogP contribution in [0.4, 0.5) is 29.3 Å². The quantitative estimate of drug-likeness (QED) is 0.202. The predicted octanol–water partition coefficient (Wildman–Crippen LogP) is 6.47. The Morgan fingerprint density at radius 2 is 1.62 bits per heavy atom. The summed E-state index contributed by atoms with van der Waals surface area (Å²) in [5.41, 5.74) is 0.697. The summed E-state index contributed by atoms with van der Waals surface area (Å²) in [6, 6.07) is 7.22. The molecule has 0 unspecified atom stereocenters. The molecule has 3 aromatic rings. The molecule has 2 aliphatic rings. The van der Waals surface area contributed by atoms with Gasteiger partial charge in [-0.2, -0.15) is 4.98 Å². The van der Waals surface area contributed by atoms with E-state index in [9.17, 15) is 17.6 Å². The van der Waals surface area contributed by atoms with Crippen LogP contribution in [0.15, 0.2) is 55.3 Å². The monoisotopic (exact) mass is 540 g/mol. The Labute approximate surface area is 226 Å². The van der Waals surface area contributed by atoms with Gasteiger partial charge in [-0.1, -0.05) is 12.6 Å². The SMILES string of the molecule is C=CC[N+]1(C2CCN(c3ncc(-c4ccc(F)cc4F)c(NCc4ccc(F)cc4F)n3)CC2)CCCCC1. The fourth-order valence-corrected chi connectivity index (χ4v) is 6.12. The minimum absolute atomic E-state index is 0.00199. The number of hydrogen-bond donors (Lipinski definition) is 1. The number of anilines is 2. The van der Waals surface area contributed by atoms with Crippen LogP contribution in [-0.2, 0) is 6.54 Å². The summed E-state index contributed by atoms with van der Waals surface area (Å²) in [4.78, 5) is 11.4. The van der Waals surface area contributed by atoms with Crippen LogP contribution in [0.5, 0.6) is 0 Å². The Kier molecular flexibility index (Phi) is 8.16. The third-order valence-corrected chi connectivity index (χ3v) is 8.18. The van der Waals surface area contributed by atoms with Crippen molar-refractivity contribution in [1.29, 1.82) is 0 Å². The number of benzene rings is 2. The van der Waals surface area contributed by atoms with Crippen molar-refractivity contribution in [2.75, 3.05) is 42.9 Å². The molecule has 0 atom stereocenters. The van der Waals surface area contributed by atoms with Gasteiger partial charge in [0, 0.05) is 67.5 Å². The number of halogens is 4. The van der Waals surface area contributed by atoms with E-state index >= 15 is 0 Å². The molecule has 39 heavy (non-hydrogen) atoms. The van der Waals surface area contributed by atoms with Crippen LogP contribution in [0.3, 0.4) is 0 Å². The van der Waals surface area contributed by atoms with Crippen molar-refractivity contribution in [3.05, 3.63) is 84.1 Å². The second kappa shape index (κ2) is 11.7. The van der Waals surface area contributed by atoms with E-state index in [2.05, 4.69) is 27.9 Å². The second-order valence-electron chi connectivity index (χ2n) is 10.6. The molecule has 3 heterocycles. The van der Waals surface area contributed by atoms with Crippen LogP contribution in [0.2, 0.25) is 0 Å². The molecule has 0 amide bonds. The van der Waals surface area contributed by atoms with Crippen molar-refractivity contribution < 1.29 is 22.0 Å². The molecule has 0 aliphatic carbocycles. The van der Waals surface area contributed by atoms with Crippen LogP contribution in [-0.4, -0.2) is 53.2 Å². The number of aromatic nitrogens is 2. The van der Waals surface area contributed by atoms with Gasteiger partial charge < -0.3 is 14.7 Å². The number of piperidine rings is 2. The molecule has 5 rings (SSSR count). The largest absolute Gasteiger partial charge is 0.365 e. The lowest BCUT2D eigenvalue weighted by Crippen LogP contribution is -2.61. The maximum absolute atomic E-state index is 14.7. The van der Waals surface area contributed by atoms with Crippen LogP contribution >= 0.6 is 0 Å². The molecule has 5 nitrogen and oxygen atoms in total. The molecule has 2 aromatic carbocycles. The number of quaternary nitrogens is 1. The summed E-state index contributed by atoms with van der Waals surface area (Å²) in [5.74, 6) is -2.01. The summed E-state index contributed by atoms with van der Waals surface area (Å²) in [6.45, 7) is 8.98. The van der Waals surface area contributed by atoms with Crippen LogP contribution in [0.1, 0.15) is 37.7 Å². The Bertz CT molecular complexity index is 1320. The first kappa shape index (κ1) is 27.1. The first-order valence-corrected chi connectivity index (χ1v) is 13.6. The second-order valence-corrected chi connectivity index (χ2v) is 10.6. The fraction of sp³-hybridized carbons (Fsp3) is 0.400. The lowest BCUT2D eigenvalue weighted by Gasteiger charge is -2.49. The molecule has 206 valence electrons. The van der Waals surface area contributed by atoms with Gasteiger partial charge in [0.25, 0.3) is 0 Å². The maximum Gasteiger partial charge on any atom is 0.227 e. The lowest BCUT2D eigenvalue weighted by atomic mass is 9.95. The van der Waals surface area contributed by atoms with Gasteiger partial charge in [-0.3, -0.25) is 0 Å². The van der Waals surface area contributed by atoms with Crippen LogP contribution < -0.4 is 10.2 Å². The number of hydrogen-bond acceptors (Lipinski definition) is 4. The fourth-order valence-electron chi connectivity index (χ4n) is 6.12. The summed E-state index contributed by atoms with van der Waals surface area (Å²) in [7, 11) is 0. The summed E-state index contributed by atoms with van der Waals surface area (Å²) in [6.07, 6.45) is 9.39. The summed E-state index contributed by atoms with van der Waals surface area (Å²) < 4.78 is 57.1. The number of rotatable bonds is 8. The zero-order chi connectivity index (χ0) is 27.4. The first-order chi connectivity index (χ1) is 18.9. The Morgan fingerprint density at radius 1 is 0.923 bits per heavy atom. The normalized spacial score (nSPS) is 17.7. The Hall–Kier alpha value is -3.46. The van der Waals surface area contributed by atoms with Gasteiger partial charge in [0.1, 0.15) is 29.1 Å². The predicted molar refractivity (Wildman–Crippen MR) is 145 cm³/mol. The number of nitrogens with one attached hydrogen (secondary N) is 1. The van der Waals surface area contributed by atoms with Crippen LogP contribution in [0.25, 0.3) is 11.1 Å². The van der Waals surface area contributed by atoms with Gasteiger partial charge >= 0.3 is 0 Å². The Morgan fingerprint density at radius 3 is 2.28 bits per heavy atom. The zero-order valence-corrected chi connectivity index (χ0v) is 22.0. The third-order valence-electron chi connectivity index (χ3n) is 8.18. The van der Waals surface area contributed by atoms with E-state index in [1.165, 1.54) is 62.8 Å². The van der Waals surface area contributed by atoms with E-state index < -0.39 is 23.3 Å². The summed E-state index contributed by atoms with van der Waals surface area (Å²) >= 11 is 0. The topological polar surface area (TPSA) is 41.1 Å². The molecule has 2 aliphatic heterocycles. The van der Waals surface area contributed by atoms with Crippen molar-refractivity contribution in [1.82, 2.24) is 9.97 Å². The van der Waals surface area contributed by atoms with Crippen molar-refractivity contribution in [2.45, 2.75) is 44.7 Å². The van der Waals surface area contributed by atoms with Crippen molar-refractivity contribution in [3.63, 3.8) is 0 Å². The molecule has 0 saturated carbocycles. The standard InChI is InChI=1S/C30H34F4N5/c1-2-14-39(15-4-3-5-16-39)24-10-12-38(13-11-24)30-36-20-26(25-9-8-23(32)18-28(25)34)29(37-30)35-19-21-6-7-22(31)17-27(21)33/h2,6-9,17-18,20,24H,1,3-5,10-16,19H2,(H,35,36,37)/q+1. The molecular formula is C30H34F4N5+. The minimum Gasteiger partial charge on any atom is -0.365 e. The van der Waals surface area contributed by atoms with Crippen LogP contribution in [0, 0.1) is 23.3 Å². The highest BCUT2D eigenvalue weighted by Crippen LogP contribution is 2.33. The first-order valence-electron chi connectivity index (χ1n) is 13.6. The summed E-state index contributed by atoms with van der Waals surface area (Å²) in [5, 5.41) is 3.08. The highest BCUT2D eigenvalue weighted by molar-refractivity contribution is 5.75. The molecule has 0 radical (unpaired) electrons. The molecule has 9 heteroatoms. The molecule has 1 N–H and O–H groups in total. The number of nitrogens with zero attached hydrogens (tertiary/aromatic N) is 4. The van der Waals surface area contributed by atoms with E-state index in [-0.39, 0.29) is 17.7 Å². The van der Waals surface area contributed by atoms with E-state index in [4.69, 9.17) is 4.98 Å². The number of likely N-dealkylation sites (tertiary alicyclic amines) is 1. The molecule has 2 fully saturated rings. The van der Waals surface area contributed by atoms with E-state index in [1.54, 1.807) is 0 Å². The lowest BCUT2D eigenvalue weighted by molar-refractivity contribution is -0.951. The highest BCUT2D eigenvalue weighted by atomic mass is 19.1. The van der Waals surface area contributed by atoms with Crippen molar-refractivity contribution in [2.24, 2.45) is 0 Å². The molecular weight excluding hydrogens is 506 g/mol. The van der Waals surface area contributed by atoms with E-state index in [1.807, 2.05) is 0 Å². The average Bonchev–Trinajstić information content (AvgIpc) is 2.93. The Balaban J connectivity index is 1.39. The average molecular weight is 541 g/mol. The highest BCUT2D eigenvalue weighted by Gasteiger charge is 2.39. The van der Waals surface area contributed by atoms with E-state index in [0.717, 1.165) is 49.1 Å². The van der Waals surface area contributed by atoms with Gasteiger partial charge in [-0.25, -0.2) is 22.5 Å². The third kappa shape index (κ3) is 5.93. The maximum atomic E-state index is 14.7. The van der Waals surface area contributed by atoms with Gasteiger partial charge in [0.05, 0.1) is 25.7 Å². The smallest absolute Gasteiger partial charge is 0.227 e. The van der Waals surface area contributed by atoms with Crippen molar-refractivity contribution in [3.8, 4) is 11.1 Å². The zero-order valence-electron chi connectivity index (χ0n) is 22.0. The minimum atomic E-state index is -0.749. The molecule has 0 bridgehead atoms. The molecule has 1 aromatic heterocycles.